The summed E-state index contributed by atoms with van der Waals surface area (Å²) >= 11 is 5.21. The van der Waals surface area contributed by atoms with Crippen molar-refractivity contribution in [3.8, 4) is 5.75 Å². The van der Waals surface area contributed by atoms with Crippen molar-refractivity contribution in [2.45, 2.75) is 51.0 Å². The smallest absolute Gasteiger partial charge is 0.255 e. The second-order valence-corrected chi connectivity index (χ2v) is 6.28. The second-order valence-electron chi connectivity index (χ2n) is 5.84. The van der Waals surface area contributed by atoms with E-state index in [0.717, 1.165) is 44.1 Å². The van der Waals surface area contributed by atoms with Gasteiger partial charge >= 0.3 is 0 Å². The molecule has 114 valence electrons. The molecule has 1 amide bonds. The third-order valence-electron chi connectivity index (χ3n) is 4.18. The number of phenols is 1. The molecular weight excluding hydrogens is 284 g/mol. The van der Waals surface area contributed by atoms with Gasteiger partial charge in [0.25, 0.3) is 5.91 Å². The molecule has 1 fully saturated rings. The molecule has 21 heavy (non-hydrogen) atoms. The van der Waals surface area contributed by atoms with Crippen LogP contribution in [0.4, 0.5) is 0 Å². The van der Waals surface area contributed by atoms with Gasteiger partial charge in [-0.2, -0.15) is 0 Å². The lowest BCUT2D eigenvalue weighted by Crippen LogP contribution is -2.56. The number of nitrogens with two attached hydrogens (primary N) is 1. The topological polar surface area (TPSA) is 75.4 Å². The van der Waals surface area contributed by atoms with E-state index in [1.54, 1.807) is 18.2 Å². The fourth-order valence-corrected chi connectivity index (χ4v) is 3.14. The maximum absolute atomic E-state index is 12.5. The Morgan fingerprint density at radius 2 is 1.90 bits per heavy atom. The molecule has 4 N–H and O–H groups in total. The molecule has 0 atom stereocenters. The van der Waals surface area contributed by atoms with Crippen LogP contribution >= 0.6 is 12.2 Å². The fourth-order valence-electron chi connectivity index (χ4n) is 2.88. The highest BCUT2D eigenvalue weighted by atomic mass is 32.1. The average molecular weight is 306 g/mol. The number of rotatable bonds is 3. The van der Waals surface area contributed by atoms with Crippen LogP contribution < -0.4 is 11.1 Å². The van der Waals surface area contributed by atoms with Crippen LogP contribution in [-0.4, -0.2) is 21.5 Å². The molecule has 1 aromatic rings. The quantitative estimate of drug-likeness (QED) is 0.593. The minimum atomic E-state index is -0.625. The zero-order valence-electron chi connectivity index (χ0n) is 12.3. The van der Waals surface area contributed by atoms with Crippen LogP contribution in [0.1, 0.15) is 54.4 Å². The number of nitrogens with one attached hydrogen (secondary N) is 1. The van der Waals surface area contributed by atoms with Crippen molar-refractivity contribution >= 4 is 23.1 Å². The minimum Gasteiger partial charge on any atom is -0.507 e. The maximum atomic E-state index is 12.5. The van der Waals surface area contributed by atoms with E-state index in [1.807, 2.05) is 6.92 Å². The first-order valence-corrected chi connectivity index (χ1v) is 7.77. The van der Waals surface area contributed by atoms with Gasteiger partial charge in [-0.15, -0.1) is 0 Å². The van der Waals surface area contributed by atoms with Crippen molar-refractivity contribution in [3.63, 3.8) is 0 Å². The summed E-state index contributed by atoms with van der Waals surface area (Å²) in [5, 5.41) is 12.9. The number of aromatic hydroxyl groups is 1. The van der Waals surface area contributed by atoms with Gasteiger partial charge in [0, 0.05) is 0 Å². The Morgan fingerprint density at radius 1 is 1.29 bits per heavy atom. The lowest BCUT2D eigenvalue weighted by Gasteiger charge is -2.33. The summed E-state index contributed by atoms with van der Waals surface area (Å²) in [7, 11) is 0. The third-order valence-corrected chi connectivity index (χ3v) is 4.57. The number of hydrogen-bond acceptors (Lipinski definition) is 3. The van der Waals surface area contributed by atoms with Gasteiger partial charge in [-0.1, -0.05) is 44.0 Å². The predicted octanol–water partition coefficient (Wildman–Crippen LogP) is 2.81. The normalized spacial score (nSPS) is 17.8. The zero-order valence-corrected chi connectivity index (χ0v) is 13.1. The number of carbonyl (C=O) groups is 1. The van der Waals surface area contributed by atoms with Gasteiger partial charge in [0.15, 0.2) is 0 Å². The lowest BCUT2D eigenvalue weighted by molar-refractivity contribution is 0.0915. The van der Waals surface area contributed by atoms with Crippen LogP contribution in [0.2, 0.25) is 0 Å². The first-order chi connectivity index (χ1) is 9.94. The van der Waals surface area contributed by atoms with Crippen molar-refractivity contribution in [1.82, 2.24) is 5.32 Å². The molecule has 0 saturated heterocycles. The number of thiocarbonyl (C=S) groups is 1. The van der Waals surface area contributed by atoms with Crippen LogP contribution in [0.15, 0.2) is 18.2 Å². The molecule has 0 bridgehead atoms. The van der Waals surface area contributed by atoms with E-state index >= 15 is 0 Å². The number of amides is 1. The number of phenolic OH excluding ortho intramolecular Hbond substituents is 1. The number of hydrogen-bond donors (Lipinski definition) is 3. The number of aryl methyl sites for hydroxylation is 1. The standard InChI is InChI=1S/C16H22N2O2S/c1-11-6-7-12(13(19)10-11)14(20)18-16(15(17)21)8-4-2-3-5-9-16/h6-7,10,19H,2-5,8-9H2,1H3,(H2,17,21)(H,18,20). The Bertz CT molecular complexity index is 549. The van der Waals surface area contributed by atoms with Gasteiger partial charge in [-0.3, -0.25) is 4.79 Å². The van der Waals surface area contributed by atoms with Crippen molar-refractivity contribution in [2.24, 2.45) is 5.73 Å². The number of carbonyl (C=O) groups excluding carboxylic acids is 1. The Morgan fingerprint density at radius 3 is 2.43 bits per heavy atom. The van der Waals surface area contributed by atoms with Crippen LogP contribution in [0.5, 0.6) is 5.75 Å². The summed E-state index contributed by atoms with van der Waals surface area (Å²) in [4.78, 5) is 12.8. The molecule has 1 aliphatic rings. The summed E-state index contributed by atoms with van der Waals surface area (Å²) in [6.07, 6.45) is 5.79. The molecule has 0 heterocycles. The van der Waals surface area contributed by atoms with Crippen molar-refractivity contribution in [2.75, 3.05) is 0 Å². The van der Waals surface area contributed by atoms with E-state index in [2.05, 4.69) is 5.32 Å². The Kier molecular flexibility index (Phi) is 4.83. The minimum absolute atomic E-state index is 0.0146. The predicted molar refractivity (Wildman–Crippen MR) is 87.5 cm³/mol. The molecule has 4 nitrogen and oxygen atoms in total. The molecule has 0 aromatic heterocycles. The summed E-state index contributed by atoms with van der Waals surface area (Å²) in [6, 6.07) is 5.01. The SMILES string of the molecule is Cc1ccc(C(=O)NC2(C(N)=S)CCCCCC2)c(O)c1. The number of benzene rings is 1. The van der Waals surface area contributed by atoms with E-state index in [1.165, 1.54) is 0 Å². The van der Waals surface area contributed by atoms with Crippen LogP contribution in [0, 0.1) is 6.92 Å². The van der Waals surface area contributed by atoms with Crippen LogP contribution in [-0.2, 0) is 0 Å². The largest absolute Gasteiger partial charge is 0.507 e. The van der Waals surface area contributed by atoms with Crippen LogP contribution in [0.25, 0.3) is 0 Å². The molecule has 0 spiro atoms. The maximum Gasteiger partial charge on any atom is 0.255 e. The summed E-state index contributed by atoms with van der Waals surface area (Å²) in [5.74, 6) is -0.332. The molecule has 1 aliphatic carbocycles. The molecular formula is C16H22N2O2S. The molecule has 0 radical (unpaired) electrons. The van der Waals surface area contributed by atoms with E-state index in [-0.39, 0.29) is 17.2 Å². The highest BCUT2D eigenvalue weighted by Gasteiger charge is 2.36. The second kappa shape index (κ2) is 6.43. The van der Waals surface area contributed by atoms with Gasteiger partial charge in [-0.05, 0) is 37.5 Å². The molecule has 1 aromatic carbocycles. The molecule has 0 aliphatic heterocycles. The van der Waals surface area contributed by atoms with E-state index in [0.29, 0.717) is 4.99 Å². The third kappa shape index (κ3) is 3.53. The van der Waals surface area contributed by atoms with E-state index < -0.39 is 5.54 Å². The highest BCUT2D eigenvalue weighted by Crippen LogP contribution is 2.29. The summed E-state index contributed by atoms with van der Waals surface area (Å²) < 4.78 is 0. The fraction of sp³-hybridized carbons (Fsp3) is 0.500. The molecule has 1 saturated carbocycles. The zero-order chi connectivity index (χ0) is 15.5. The summed E-state index contributed by atoms with van der Waals surface area (Å²) in [5.41, 5.74) is 6.46. The Hall–Kier alpha value is -1.62. The van der Waals surface area contributed by atoms with Crippen molar-refractivity contribution < 1.29 is 9.90 Å². The monoisotopic (exact) mass is 306 g/mol. The molecule has 0 unspecified atom stereocenters. The Balaban J connectivity index is 2.24. The van der Waals surface area contributed by atoms with Gasteiger partial charge in [0.2, 0.25) is 0 Å². The first kappa shape index (κ1) is 15.8. The summed E-state index contributed by atoms with van der Waals surface area (Å²) in [6.45, 7) is 1.86. The van der Waals surface area contributed by atoms with Gasteiger partial charge in [-0.25, -0.2) is 0 Å². The van der Waals surface area contributed by atoms with Gasteiger partial charge in [0.05, 0.1) is 16.1 Å². The first-order valence-electron chi connectivity index (χ1n) is 7.37. The molecule has 5 heteroatoms. The average Bonchev–Trinajstić information content (AvgIpc) is 2.65. The molecule has 2 rings (SSSR count). The Labute approximate surface area is 130 Å². The highest BCUT2D eigenvalue weighted by molar-refractivity contribution is 7.80. The van der Waals surface area contributed by atoms with E-state index in [4.69, 9.17) is 18.0 Å². The van der Waals surface area contributed by atoms with Crippen molar-refractivity contribution in [3.05, 3.63) is 29.3 Å². The van der Waals surface area contributed by atoms with Crippen LogP contribution in [0.3, 0.4) is 0 Å². The lowest BCUT2D eigenvalue weighted by atomic mass is 9.89. The van der Waals surface area contributed by atoms with Gasteiger partial charge < -0.3 is 16.2 Å². The van der Waals surface area contributed by atoms with Crippen molar-refractivity contribution in [1.29, 1.82) is 0 Å². The van der Waals surface area contributed by atoms with Gasteiger partial charge in [0.1, 0.15) is 5.75 Å². The van der Waals surface area contributed by atoms with E-state index in [9.17, 15) is 9.90 Å².